The highest BCUT2D eigenvalue weighted by atomic mass is 16.5. The Kier molecular flexibility index (Phi) is 5.03. The number of aromatic nitrogens is 1. The molecule has 0 radical (unpaired) electrons. The van der Waals surface area contributed by atoms with Gasteiger partial charge in [0.05, 0.1) is 17.2 Å². The predicted octanol–water partition coefficient (Wildman–Crippen LogP) is 5.47. The molecule has 0 atom stereocenters. The monoisotopic (exact) mass is 374 g/mol. The van der Waals surface area contributed by atoms with E-state index in [1.54, 1.807) is 6.20 Å². The molecule has 0 saturated heterocycles. The van der Waals surface area contributed by atoms with E-state index < -0.39 is 5.41 Å². The number of nitrogens with zero attached hydrogens (tertiary/aromatic N) is 1. The van der Waals surface area contributed by atoms with E-state index >= 15 is 0 Å². The van der Waals surface area contributed by atoms with Crippen molar-refractivity contribution in [1.82, 2.24) is 4.98 Å². The zero-order chi connectivity index (χ0) is 19.6. The third kappa shape index (κ3) is 3.35. The number of nitrogens with one attached hydrogen (secondary N) is 1. The normalized spacial score (nSPS) is 15.7. The second-order valence-electron chi connectivity index (χ2n) is 7.79. The van der Waals surface area contributed by atoms with Gasteiger partial charge in [0, 0.05) is 11.6 Å². The first-order chi connectivity index (χ1) is 13.6. The van der Waals surface area contributed by atoms with Gasteiger partial charge < -0.3 is 10.1 Å². The molecule has 144 valence electrons. The minimum Gasteiger partial charge on any atom is -0.489 e. The predicted molar refractivity (Wildman–Crippen MR) is 113 cm³/mol. The summed E-state index contributed by atoms with van der Waals surface area (Å²) in [4.78, 5) is 18.0. The first-order valence-electron chi connectivity index (χ1n) is 10.0. The third-order valence-corrected chi connectivity index (χ3v) is 5.56. The average molecular weight is 374 g/mol. The summed E-state index contributed by atoms with van der Waals surface area (Å²) < 4.78 is 5.90. The summed E-state index contributed by atoms with van der Waals surface area (Å²) in [5.41, 5.74) is 2.20. The number of anilines is 1. The van der Waals surface area contributed by atoms with Crippen molar-refractivity contribution < 1.29 is 9.53 Å². The quantitative estimate of drug-likeness (QED) is 0.644. The lowest BCUT2D eigenvalue weighted by atomic mass is 9.78. The van der Waals surface area contributed by atoms with Gasteiger partial charge in [0.15, 0.2) is 0 Å². The molecule has 0 spiro atoms. The molecule has 1 N–H and O–H groups in total. The lowest BCUT2D eigenvalue weighted by Crippen LogP contribution is -2.38. The lowest BCUT2D eigenvalue weighted by molar-refractivity contribution is -0.121. The lowest BCUT2D eigenvalue weighted by Gasteiger charge is -2.28. The van der Waals surface area contributed by atoms with Gasteiger partial charge in [-0.1, -0.05) is 43.2 Å². The van der Waals surface area contributed by atoms with E-state index in [-0.39, 0.29) is 12.0 Å². The van der Waals surface area contributed by atoms with E-state index in [4.69, 9.17) is 4.74 Å². The average Bonchev–Trinajstić information content (AvgIpc) is 3.21. The van der Waals surface area contributed by atoms with Crippen molar-refractivity contribution in [2.45, 2.75) is 51.0 Å². The smallest absolute Gasteiger partial charge is 0.235 e. The fourth-order valence-electron chi connectivity index (χ4n) is 4.23. The Labute approximate surface area is 165 Å². The van der Waals surface area contributed by atoms with E-state index in [1.807, 2.05) is 56.3 Å². The van der Waals surface area contributed by atoms with Gasteiger partial charge >= 0.3 is 0 Å². The molecule has 4 rings (SSSR count). The number of pyridine rings is 1. The van der Waals surface area contributed by atoms with E-state index in [0.29, 0.717) is 0 Å². The molecule has 0 unspecified atom stereocenters. The van der Waals surface area contributed by atoms with E-state index in [9.17, 15) is 4.79 Å². The van der Waals surface area contributed by atoms with Crippen molar-refractivity contribution >= 4 is 22.5 Å². The highest BCUT2D eigenvalue weighted by Crippen LogP contribution is 2.42. The SMILES string of the molecule is CC(C)Oc1ccc(NC(=O)C2(c3ccccc3)CCCC2)c2cccnc12. The number of amides is 1. The van der Waals surface area contributed by atoms with Crippen LogP contribution in [0.4, 0.5) is 5.69 Å². The molecule has 1 fully saturated rings. The molecule has 0 aliphatic heterocycles. The maximum Gasteiger partial charge on any atom is 0.235 e. The first kappa shape index (κ1) is 18.5. The molecular formula is C24H26N2O2. The number of carbonyl (C=O) groups is 1. The Hall–Kier alpha value is -2.88. The molecule has 1 aromatic heterocycles. The minimum absolute atomic E-state index is 0.0606. The van der Waals surface area contributed by atoms with Crippen LogP contribution in [0.3, 0.4) is 0 Å². The maximum absolute atomic E-state index is 13.5. The van der Waals surface area contributed by atoms with Crippen molar-refractivity contribution in [1.29, 1.82) is 0 Å². The fourth-order valence-corrected chi connectivity index (χ4v) is 4.23. The highest BCUT2D eigenvalue weighted by molar-refractivity contribution is 6.06. The highest BCUT2D eigenvalue weighted by Gasteiger charge is 2.42. The van der Waals surface area contributed by atoms with E-state index in [2.05, 4.69) is 22.4 Å². The van der Waals surface area contributed by atoms with Crippen LogP contribution in [0.5, 0.6) is 5.75 Å². The Bertz CT molecular complexity index is 976. The Morgan fingerprint density at radius 1 is 1.04 bits per heavy atom. The summed E-state index contributed by atoms with van der Waals surface area (Å²) in [5.74, 6) is 0.807. The maximum atomic E-state index is 13.5. The number of fused-ring (bicyclic) bond motifs is 1. The molecule has 4 heteroatoms. The summed E-state index contributed by atoms with van der Waals surface area (Å²) in [5, 5.41) is 4.11. The molecule has 3 aromatic rings. The number of rotatable bonds is 5. The molecule has 28 heavy (non-hydrogen) atoms. The molecule has 1 aliphatic carbocycles. The van der Waals surface area contributed by atoms with Crippen molar-refractivity contribution in [3.05, 3.63) is 66.4 Å². The third-order valence-electron chi connectivity index (χ3n) is 5.56. The van der Waals surface area contributed by atoms with Crippen LogP contribution in [0.15, 0.2) is 60.8 Å². The van der Waals surface area contributed by atoms with Crippen molar-refractivity contribution in [3.8, 4) is 5.75 Å². The fraction of sp³-hybridized carbons (Fsp3) is 0.333. The minimum atomic E-state index is -0.455. The largest absolute Gasteiger partial charge is 0.489 e. The first-order valence-corrected chi connectivity index (χ1v) is 10.0. The Balaban J connectivity index is 1.71. The summed E-state index contributed by atoms with van der Waals surface area (Å²) in [6.07, 6.45) is 5.73. The van der Waals surface area contributed by atoms with Crippen LogP contribution in [0, 0.1) is 0 Å². The number of hydrogen-bond donors (Lipinski definition) is 1. The molecule has 1 amide bonds. The van der Waals surface area contributed by atoms with Crippen LogP contribution < -0.4 is 10.1 Å². The number of ether oxygens (including phenoxy) is 1. The van der Waals surface area contributed by atoms with E-state index in [1.165, 1.54) is 0 Å². The van der Waals surface area contributed by atoms with Crippen LogP contribution in [0.2, 0.25) is 0 Å². The number of carbonyl (C=O) groups excluding carboxylic acids is 1. The molecular weight excluding hydrogens is 348 g/mol. The summed E-state index contributed by atoms with van der Waals surface area (Å²) in [6, 6.07) is 17.9. The molecule has 2 aromatic carbocycles. The molecule has 4 nitrogen and oxygen atoms in total. The second kappa shape index (κ2) is 7.63. The summed E-state index contributed by atoms with van der Waals surface area (Å²) in [6.45, 7) is 3.99. The van der Waals surface area contributed by atoms with Crippen molar-refractivity contribution in [3.63, 3.8) is 0 Å². The van der Waals surface area contributed by atoms with Crippen LogP contribution in [0.1, 0.15) is 45.1 Å². The van der Waals surface area contributed by atoms with Gasteiger partial charge in [-0.15, -0.1) is 0 Å². The van der Waals surface area contributed by atoms with Crippen LogP contribution in [0.25, 0.3) is 10.9 Å². The molecule has 1 saturated carbocycles. The molecule has 1 heterocycles. The number of benzene rings is 2. The topological polar surface area (TPSA) is 51.2 Å². The summed E-state index contributed by atoms with van der Waals surface area (Å²) in [7, 11) is 0. The van der Waals surface area contributed by atoms with Gasteiger partial charge in [0.25, 0.3) is 0 Å². The van der Waals surface area contributed by atoms with Crippen molar-refractivity contribution in [2.24, 2.45) is 0 Å². The van der Waals surface area contributed by atoms with Crippen LogP contribution >= 0.6 is 0 Å². The zero-order valence-electron chi connectivity index (χ0n) is 16.4. The van der Waals surface area contributed by atoms with E-state index in [0.717, 1.165) is 53.6 Å². The van der Waals surface area contributed by atoms with Gasteiger partial charge in [0.1, 0.15) is 11.3 Å². The summed E-state index contributed by atoms with van der Waals surface area (Å²) >= 11 is 0. The second-order valence-corrected chi connectivity index (χ2v) is 7.79. The van der Waals surface area contributed by atoms with Crippen molar-refractivity contribution in [2.75, 3.05) is 5.32 Å². The Morgan fingerprint density at radius 3 is 2.50 bits per heavy atom. The molecule has 1 aliphatic rings. The van der Waals surface area contributed by atoms with Gasteiger partial charge in [-0.3, -0.25) is 9.78 Å². The van der Waals surface area contributed by atoms with Gasteiger partial charge in [-0.2, -0.15) is 0 Å². The molecule has 0 bridgehead atoms. The zero-order valence-corrected chi connectivity index (χ0v) is 16.4. The van der Waals surface area contributed by atoms with Gasteiger partial charge in [-0.25, -0.2) is 0 Å². The number of hydrogen-bond acceptors (Lipinski definition) is 3. The van der Waals surface area contributed by atoms with Gasteiger partial charge in [0.2, 0.25) is 5.91 Å². The van der Waals surface area contributed by atoms with Crippen LogP contribution in [-0.2, 0) is 10.2 Å². The van der Waals surface area contributed by atoms with Gasteiger partial charge in [-0.05, 0) is 56.5 Å². The van der Waals surface area contributed by atoms with Crippen LogP contribution in [-0.4, -0.2) is 17.0 Å². The Morgan fingerprint density at radius 2 is 1.79 bits per heavy atom. The standard InChI is InChI=1S/C24H26N2O2/c1-17(2)28-21-13-12-20(19-11-8-16-25-22(19)21)26-23(27)24(14-6-7-15-24)18-9-4-3-5-10-18/h3-5,8-13,16-17H,6-7,14-15H2,1-2H3,(H,26,27).